The van der Waals surface area contributed by atoms with Gasteiger partial charge in [-0.1, -0.05) is 18.2 Å². The zero-order valence-corrected chi connectivity index (χ0v) is 16.5. The second-order valence-electron chi connectivity index (χ2n) is 6.38. The standard InChI is InChI=1S/C20H20F2N2O4S/c1-28-19-5-3-2-4-15(19)6-9-20(25)23-10-12-24(13-11-23)29(26,27)16-7-8-17(21)18(22)14-16/h2-9,14H,10-13H2,1H3/b9-6+. The molecule has 2 aromatic carbocycles. The molecule has 3 rings (SSSR count). The van der Waals surface area contributed by atoms with Gasteiger partial charge in [-0.15, -0.1) is 0 Å². The molecule has 0 bridgehead atoms. The summed E-state index contributed by atoms with van der Waals surface area (Å²) in [5.74, 6) is -1.94. The Labute approximate surface area is 168 Å². The first kappa shape index (κ1) is 20.9. The van der Waals surface area contributed by atoms with Gasteiger partial charge in [0.1, 0.15) is 5.75 Å². The fraction of sp³-hybridized carbons (Fsp3) is 0.250. The van der Waals surface area contributed by atoms with Gasteiger partial charge in [-0.25, -0.2) is 17.2 Å². The molecule has 154 valence electrons. The van der Waals surface area contributed by atoms with E-state index in [-0.39, 0.29) is 37.0 Å². The summed E-state index contributed by atoms with van der Waals surface area (Å²) in [7, 11) is -2.42. The molecule has 0 aliphatic carbocycles. The molecule has 0 radical (unpaired) electrons. The number of halogens is 2. The Bertz CT molecular complexity index is 1030. The lowest BCUT2D eigenvalue weighted by molar-refractivity contribution is -0.127. The number of carbonyl (C=O) groups is 1. The van der Waals surface area contributed by atoms with Crippen LogP contribution in [0.25, 0.3) is 6.08 Å². The molecule has 1 aliphatic heterocycles. The fourth-order valence-corrected chi connectivity index (χ4v) is 4.44. The third-order valence-corrected chi connectivity index (χ3v) is 6.52. The van der Waals surface area contributed by atoms with Crippen LogP contribution in [0.15, 0.2) is 53.4 Å². The van der Waals surface area contributed by atoms with Gasteiger partial charge >= 0.3 is 0 Å². The predicted molar refractivity (Wildman–Crippen MR) is 104 cm³/mol. The van der Waals surface area contributed by atoms with Crippen molar-refractivity contribution in [2.24, 2.45) is 0 Å². The highest BCUT2D eigenvalue weighted by Gasteiger charge is 2.30. The number of piperazine rings is 1. The van der Waals surface area contributed by atoms with Gasteiger partial charge in [0.05, 0.1) is 12.0 Å². The van der Waals surface area contributed by atoms with Crippen molar-refractivity contribution in [3.05, 3.63) is 65.7 Å². The monoisotopic (exact) mass is 422 g/mol. The van der Waals surface area contributed by atoms with Gasteiger partial charge in [0.25, 0.3) is 0 Å². The molecule has 1 amide bonds. The summed E-state index contributed by atoms with van der Waals surface area (Å²) < 4.78 is 58.1. The van der Waals surface area contributed by atoms with Gasteiger partial charge in [0.2, 0.25) is 15.9 Å². The number of benzene rings is 2. The summed E-state index contributed by atoms with van der Waals surface area (Å²) in [6, 6.07) is 9.73. The first-order valence-electron chi connectivity index (χ1n) is 8.88. The Morgan fingerprint density at radius 3 is 2.38 bits per heavy atom. The van der Waals surface area contributed by atoms with Crippen LogP contribution in [0.4, 0.5) is 8.78 Å². The topological polar surface area (TPSA) is 66.9 Å². The second kappa shape index (κ2) is 8.71. The van der Waals surface area contributed by atoms with E-state index < -0.39 is 21.7 Å². The van der Waals surface area contributed by atoms with Crippen LogP contribution in [0.3, 0.4) is 0 Å². The molecule has 0 aromatic heterocycles. The van der Waals surface area contributed by atoms with Crippen LogP contribution in [-0.4, -0.2) is 56.8 Å². The van der Waals surface area contributed by atoms with E-state index in [1.54, 1.807) is 19.3 Å². The number of hydrogen-bond donors (Lipinski definition) is 0. The van der Waals surface area contributed by atoms with Crippen molar-refractivity contribution in [1.29, 1.82) is 0 Å². The Morgan fingerprint density at radius 2 is 1.72 bits per heavy atom. The SMILES string of the molecule is COc1ccccc1/C=C/C(=O)N1CCN(S(=O)(=O)c2ccc(F)c(F)c2)CC1. The van der Waals surface area contributed by atoms with Crippen LogP contribution < -0.4 is 4.74 Å². The van der Waals surface area contributed by atoms with Crippen LogP contribution in [-0.2, 0) is 14.8 Å². The Morgan fingerprint density at radius 1 is 1.03 bits per heavy atom. The van der Waals surface area contributed by atoms with E-state index in [0.717, 1.165) is 22.0 Å². The average Bonchev–Trinajstić information content (AvgIpc) is 2.74. The number of hydrogen-bond acceptors (Lipinski definition) is 4. The highest BCUT2D eigenvalue weighted by atomic mass is 32.2. The number of methoxy groups -OCH3 is 1. The van der Waals surface area contributed by atoms with E-state index in [1.807, 2.05) is 18.2 Å². The number of carbonyl (C=O) groups excluding carboxylic acids is 1. The van der Waals surface area contributed by atoms with E-state index in [2.05, 4.69) is 0 Å². The molecule has 2 aromatic rings. The molecule has 6 nitrogen and oxygen atoms in total. The number of ether oxygens (including phenoxy) is 1. The van der Waals surface area contributed by atoms with E-state index in [0.29, 0.717) is 11.8 Å². The first-order chi connectivity index (χ1) is 13.8. The van der Waals surface area contributed by atoms with Crippen molar-refractivity contribution in [3.8, 4) is 5.75 Å². The van der Waals surface area contributed by atoms with Crippen molar-refractivity contribution in [3.63, 3.8) is 0 Å². The molecular formula is C20H20F2N2O4S. The molecule has 1 heterocycles. The van der Waals surface area contributed by atoms with Gasteiger partial charge in [-0.3, -0.25) is 4.79 Å². The molecule has 0 spiro atoms. The third kappa shape index (κ3) is 4.63. The fourth-order valence-electron chi connectivity index (χ4n) is 3.01. The minimum Gasteiger partial charge on any atom is -0.496 e. The van der Waals surface area contributed by atoms with Crippen LogP contribution in [0, 0.1) is 11.6 Å². The van der Waals surface area contributed by atoms with Crippen LogP contribution in [0.5, 0.6) is 5.75 Å². The third-order valence-electron chi connectivity index (χ3n) is 4.62. The second-order valence-corrected chi connectivity index (χ2v) is 8.32. The molecule has 29 heavy (non-hydrogen) atoms. The molecule has 1 saturated heterocycles. The molecule has 9 heteroatoms. The lowest BCUT2D eigenvalue weighted by Crippen LogP contribution is -2.50. The van der Waals surface area contributed by atoms with Crippen molar-refractivity contribution in [2.45, 2.75) is 4.90 Å². The molecule has 1 aliphatic rings. The number of sulfonamides is 1. The highest BCUT2D eigenvalue weighted by molar-refractivity contribution is 7.89. The van der Waals surface area contributed by atoms with Gasteiger partial charge in [-0.2, -0.15) is 4.31 Å². The lowest BCUT2D eigenvalue weighted by Gasteiger charge is -2.33. The predicted octanol–water partition coefficient (Wildman–Crippen LogP) is 2.52. The van der Waals surface area contributed by atoms with E-state index in [4.69, 9.17) is 4.74 Å². The minimum absolute atomic E-state index is 0.0650. The first-order valence-corrected chi connectivity index (χ1v) is 10.3. The zero-order valence-electron chi connectivity index (χ0n) is 15.7. The smallest absolute Gasteiger partial charge is 0.246 e. The number of para-hydroxylation sites is 1. The van der Waals surface area contributed by atoms with Gasteiger partial charge in [-0.05, 0) is 30.3 Å². The summed E-state index contributed by atoms with van der Waals surface area (Å²) in [4.78, 5) is 13.6. The normalized spacial score (nSPS) is 15.6. The summed E-state index contributed by atoms with van der Waals surface area (Å²) in [5, 5.41) is 0. The van der Waals surface area contributed by atoms with Crippen molar-refractivity contribution < 1.29 is 26.7 Å². The summed E-state index contributed by atoms with van der Waals surface area (Å²) in [6.45, 7) is 0.515. The zero-order chi connectivity index (χ0) is 21.0. The minimum atomic E-state index is -3.96. The van der Waals surface area contributed by atoms with Crippen LogP contribution in [0.2, 0.25) is 0 Å². The highest BCUT2D eigenvalue weighted by Crippen LogP contribution is 2.21. The number of nitrogens with zero attached hydrogens (tertiary/aromatic N) is 2. The molecule has 0 unspecified atom stereocenters. The maximum atomic E-state index is 13.4. The van der Waals surface area contributed by atoms with Crippen molar-refractivity contribution in [2.75, 3.05) is 33.3 Å². The molecule has 1 fully saturated rings. The largest absolute Gasteiger partial charge is 0.496 e. The maximum Gasteiger partial charge on any atom is 0.246 e. The summed E-state index contributed by atoms with van der Waals surface area (Å²) >= 11 is 0. The maximum absolute atomic E-state index is 13.4. The summed E-state index contributed by atoms with van der Waals surface area (Å²) in [6.07, 6.45) is 3.06. The van der Waals surface area contributed by atoms with Crippen LogP contribution in [0.1, 0.15) is 5.56 Å². The molecule has 0 N–H and O–H groups in total. The average molecular weight is 422 g/mol. The molecule has 0 saturated carbocycles. The molecule has 0 atom stereocenters. The van der Waals surface area contributed by atoms with Gasteiger partial charge in [0, 0.05) is 37.8 Å². The quantitative estimate of drug-likeness (QED) is 0.695. The molecular weight excluding hydrogens is 402 g/mol. The van der Waals surface area contributed by atoms with E-state index >= 15 is 0 Å². The van der Waals surface area contributed by atoms with Gasteiger partial charge in [0.15, 0.2) is 11.6 Å². The number of rotatable bonds is 5. The summed E-state index contributed by atoms with van der Waals surface area (Å²) in [5.41, 5.74) is 0.753. The Kier molecular flexibility index (Phi) is 6.29. The van der Waals surface area contributed by atoms with Crippen molar-refractivity contribution in [1.82, 2.24) is 9.21 Å². The number of amides is 1. The lowest BCUT2D eigenvalue weighted by atomic mass is 10.2. The van der Waals surface area contributed by atoms with Crippen molar-refractivity contribution >= 4 is 22.0 Å². The van der Waals surface area contributed by atoms with Crippen LogP contribution >= 0.6 is 0 Å². The van der Waals surface area contributed by atoms with E-state index in [9.17, 15) is 22.0 Å². The van der Waals surface area contributed by atoms with Gasteiger partial charge < -0.3 is 9.64 Å². The Hall–Kier alpha value is -2.78. The van der Waals surface area contributed by atoms with E-state index in [1.165, 1.54) is 11.0 Å². The Balaban J connectivity index is 1.64.